The Balaban J connectivity index is 2.52. The monoisotopic (exact) mass is 280 g/mol. The quantitative estimate of drug-likeness (QED) is 0.900. The highest BCUT2D eigenvalue weighted by molar-refractivity contribution is 5.90. The molecule has 110 valence electrons. The van der Waals surface area contributed by atoms with Gasteiger partial charge in [0.25, 0.3) is 0 Å². The molecule has 5 heteroatoms. The van der Waals surface area contributed by atoms with Crippen molar-refractivity contribution in [3.63, 3.8) is 0 Å². The molecule has 0 unspecified atom stereocenters. The lowest BCUT2D eigenvalue weighted by atomic mass is 9.94. The fraction of sp³-hybridized carbons (Fsp3) is 0.533. The maximum absolute atomic E-state index is 14.0. The zero-order chi connectivity index (χ0) is 15.1. The maximum atomic E-state index is 14.0. The third kappa shape index (κ3) is 2.26. The van der Waals surface area contributed by atoms with Crippen LogP contribution in [0.25, 0.3) is 0 Å². The molecule has 1 amide bonds. The van der Waals surface area contributed by atoms with Gasteiger partial charge in [-0.05, 0) is 32.9 Å². The summed E-state index contributed by atoms with van der Waals surface area (Å²) in [6.45, 7) is 6.37. The van der Waals surface area contributed by atoms with Crippen molar-refractivity contribution in [2.45, 2.75) is 32.4 Å². The number of benzene rings is 1. The molecule has 1 aromatic rings. The number of aliphatic hydroxyl groups is 1. The summed E-state index contributed by atoms with van der Waals surface area (Å²) in [5, 5.41) is 9.84. The number of aliphatic hydroxyl groups excluding tert-OH is 1. The minimum Gasteiger partial charge on any atom is -0.389 e. The highest BCUT2D eigenvalue weighted by Gasteiger charge is 2.41. The van der Waals surface area contributed by atoms with Gasteiger partial charge >= 0.3 is 0 Å². The van der Waals surface area contributed by atoms with Crippen molar-refractivity contribution in [2.75, 3.05) is 25.0 Å². The number of anilines is 1. The minimum absolute atomic E-state index is 0.00967. The van der Waals surface area contributed by atoms with Gasteiger partial charge in [-0.3, -0.25) is 4.79 Å². The van der Waals surface area contributed by atoms with E-state index < -0.39 is 17.5 Å². The normalized spacial score (nSPS) is 20.2. The van der Waals surface area contributed by atoms with Crippen molar-refractivity contribution in [2.24, 2.45) is 0 Å². The van der Waals surface area contributed by atoms with Gasteiger partial charge in [0.05, 0.1) is 6.10 Å². The second-order valence-corrected chi connectivity index (χ2v) is 5.79. The van der Waals surface area contributed by atoms with Gasteiger partial charge in [-0.25, -0.2) is 4.39 Å². The van der Waals surface area contributed by atoms with E-state index in [1.165, 1.54) is 13.0 Å². The fourth-order valence-electron chi connectivity index (χ4n) is 2.81. The molecule has 1 aliphatic rings. The summed E-state index contributed by atoms with van der Waals surface area (Å²) in [5.74, 6) is -0.454. The van der Waals surface area contributed by atoms with E-state index in [1.807, 2.05) is 18.7 Å². The summed E-state index contributed by atoms with van der Waals surface area (Å²) in [4.78, 5) is 15.9. The highest BCUT2D eigenvalue weighted by Crippen LogP contribution is 2.35. The average Bonchev–Trinajstić information content (AvgIpc) is 2.35. The van der Waals surface area contributed by atoms with Gasteiger partial charge in [-0.2, -0.15) is 0 Å². The van der Waals surface area contributed by atoms with Crippen molar-refractivity contribution in [3.05, 3.63) is 29.6 Å². The minimum atomic E-state index is -0.920. The molecule has 1 saturated heterocycles. The van der Waals surface area contributed by atoms with Crippen LogP contribution in [0.5, 0.6) is 0 Å². The van der Waals surface area contributed by atoms with E-state index in [4.69, 9.17) is 0 Å². The van der Waals surface area contributed by atoms with Gasteiger partial charge in [0.2, 0.25) is 5.91 Å². The molecule has 1 heterocycles. The molecule has 1 aliphatic heterocycles. The van der Waals surface area contributed by atoms with E-state index in [0.717, 1.165) is 0 Å². The van der Waals surface area contributed by atoms with Crippen molar-refractivity contribution >= 4 is 11.6 Å². The number of halogens is 1. The molecule has 0 bridgehead atoms. The SMILES string of the molecule is C[C@@H](O)c1c(F)cccc1N1CCN(C)C(=O)C1(C)C. The molecule has 0 saturated carbocycles. The van der Waals surface area contributed by atoms with Crippen molar-refractivity contribution in [3.8, 4) is 0 Å². The second kappa shape index (κ2) is 5.05. The number of hydrogen-bond acceptors (Lipinski definition) is 3. The summed E-state index contributed by atoms with van der Waals surface area (Å²) in [6, 6.07) is 4.69. The smallest absolute Gasteiger partial charge is 0.247 e. The molecule has 0 aromatic heterocycles. The van der Waals surface area contributed by atoms with Crippen LogP contribution in [0.1, 0.15) is 32.4 Å². The van der Waals surface area contributed by atoms with Gasteiger partial charge in [0.15, 0.2) is 0 Å². The maximum Gasteiger partial charge on any atom is 0.247 e. The van der Waals surface area contributed by atoms with Crippen molar-refractivity contribution in [1.29, 1.82) is 0 Å². The Hall–Kier alpha value is -1.62. The number of amides is 1. The molecule has 1 aromatic carbocycles. The molecule has 0 spiro atoms. The Morgan fingerprint density at radius 3 is 2.60 bits per heavy atom. The number of carbonyl (C=O) groups excluding carboxylic acids is 1. The molecule has 1 fully saturated rings. The van der Waals surface area contributed by atoms with Gasteiger partial charge in [0, 0.05) is 31.4 Å². The number of rotatable bonds is 2. The summed E-state index contributed by atoms with van der Waals surface area (Å²) < 4.78 is 14.0. The van der Waals surface area contributed by atoms with Crippen LogP contribution in [0, 0.1) is 5.82 Å². The van der Waals surface area contributed by atoms with E-state index in [0.29, 0.717) is 18.8 Å². The van der Waals surface area contributed by atoms with E-state index in [1.54, 1.807) is 24.1 Å². The zero-order valence-corrected chi connectivity index (χ0v) is 12.4. The van der Waals surface area contributed by atoms with Gasteiger partial charge in [-0.1, -0.05) is 6.07 Å². The third-order valence-corrected chi connectivity index (χ3v) is 3.94. The Kier molecular flexibility index (Phi) is 3.73. The number of likely N-dealkylation sites (N-methyl/N-ethyl adjacent to an activating group) is 1. The number of hydrogen-bond donors (Lipinski definition) is 1. The summed E-state index contributed by atoms with van der Waals surface area (Å²) in [6.07, 6.45) is -0.920. The first-order valence-electron chi connectivity index (χ1n) is 6.76. The molecule has 4 nitrogen and oxygen atoms in total. The second-order valence-electron chi connectivity index (χ2n) is 5.79. The van der Waals surface area contributed by atoms with Crippen LogP contribution < -0.4 is 4.90 Å². The van der Waals surface area contributed by atoms with Gasteiger partial charge < -0.3 is 14.9 Å². The molecule has 20 heavy (non-hydrogen) atoms. The molecular formula is C15H21FN2O2. The molecule has 1 N–H and O–H groups in total. The van der Waals surface area contributed by atoms with Crippen LogP contribution in [0.2, 0.25) is 0 Å². The first-order valence-corrected chi connectivity index (χ1v) is 6.76. The van der Waals surface area contributed by atoms with Crippen LogP contribution in [-0.2, 0) is 4.79 Å². The summed E-state index contributed by atoms with van der Waals surface area (Å²) in [5.41, 5.74) is 0.0779. The predicted molar refractivity (Wildman–Crippen MR) is 76.1 cm³/mol. The summed E-state index contributed by atoms with van der Waals surface area (Å²) >= 11 is 0. The lowest BCUT2D eigenvalue weighted by molar-refractivity contribution is -0.136. The zero-order valence-electron chi connectivity index (χ0n) is 12.4. The first-order chi connectivity index (χ1) is 9.26. The van der Waals surface area contributed by atoms with E-state index in [-0.39, 0.29) is 11.5 Å². The highest BCUT2D eigenvalue weighted by atomic mass is 19.1. The van der Waals surface area contributed by atoms with Crippen molar-refractivity contribution in [1.82, 2.24) is 4.90 Å². The van der Waals surface area contributed by atoms with Crippen LogP contribution in [0.15, 0.2) is 18.2 Å². The molecule has 0 aliphatic carbocycles. The van der Waals surface area contributed by atoms with Crippen LogP contribution in [-0.4, -0.2) is 41.6 Å². The topological polar surface area (TPSA) is 43.8 Å². The van der Waals surface area contributed by atoms with Gasteiger partial charge in [-0.15, -0.1) is 0 Å². The number of piperazine rings is 1. The van der Waals surface area contributed by atoms with E-state index in [9.17, 15) is 14.3 Å². The summed E-state index contributed by atoms with van der Waals surface area (Å²) in [7, 11) is 1.77. The third-order valence-electron chi connectivity index (χ3n) is 3.94. The average molecular weight is 280 g/mol. The Bertz CT molecular complexity index is 529. The Labute approximate surface area is 118 Å². The fourth-order valence-corrected chi connectivity index (χ4v) is 2.81. The molecule has 0 radical (unpaired) electrons. The molecular weight excluding hydrogens is 259 g/mol. The predicted octanol–water partition coefficient (Wildman–Crippen LogP) is 1.94. The first kappa shape index (κ1) is 14.8. The lowest BCUT2D eigenvalue weighted by Crippen LogP contribution is -2.62. The van der Waals surface area contributed by atoms with Crippen molar-refractivity contribution < 1.29 is 14.3 Å². The Morgan fingerprint density at radius 1 is 1.35 bits per heavy atom. The largest absolute Gasteiger partial charge is 0.389 e. The van der Waals surface area contributed by atoms with Crippen LogP contribution >= 0.6 is 0 Å². The van der Waals surface area contributed by atoms with Crippen LogP contribution in [0.3, 0.4) is 0 Å². The van der Waals surface area contributed by atoms with Gasteiger partial charge in [0.1, 0.15) is 11.4 Å². The lowest BCUT2D eigenvalue weighted by Gasteiger charge is -2.47. The standard InChI is InChI=1S/C15H21FN2O2/c1-10(19)13-11(16)6-5-7-12(13)18-9-8-17(4)14(20)15(18,2)3/h5-7,10,19H,8-9H2,1-4H3/t10-/m1/s1. The Morgan fingerprint density at radius 2 is 2.00 bits per heavy atom. The number of nitrogens with zero attached hydrogens (tertiary/aromatic N) is 2. The van der Waals surface area contributed by atoms with E-state index in [2.05, 4.69) is 0 Å². The van der Waals surface area contributed by atoms with E-state index >= 15 is 0 Å². The van der Waals surface area contributed by atoms with Crippen LogP contribution in [0.4, 0.5) is 10.1 Å². The molecule has 2 rings (SSSR count). The number of carbonyl (C=O) groups is 1. The molecule has 1 atom stereocenters.